The van der Waals surface area contributed by atoms with E-state index in [0.29, 0.717) is 16.7 Å². The van der Waals surface area contributed by atoms with Gasteiger partial charge in [-0.25, -0.2) is 0 Å². The number of nitrogens with one attached hydrogen (secondary N) is 1. The van der Waals surface area contributed by atoms with Crippen molar-refractivity contribution in [1.82, 2.24) is 4.90 Å². The molecule has 3 N–H and O–H groups in total. The second-order valence-corrected chi connectivity index (χ2v) is 6.73. The molecule has 0 radical (unpaired) electrons. The Kier molecular flexibility index (Phi) is 4.76. The van der Waals surface area contributed by atoms with Gasteiger partial charge in [-0.1, -0.05) is 26.2 Å². The minimum absolute atomic E-state index is 0.00179. The average molecular weight is 289 g/mol. The maximum absolute atomic E-state index is 12.0. The number of benzene rings is 1. The molecule has 1 aromatic rings. The van der Waals surface area contributed by atoms with Crippen molar-refractivity contribution in [2.24, 2.45) is 5.41 Å². The molecule has 0 spiro atoms. The highest BCUT2D eigenvalue weighted by Gasteiger charge is 2.26. The van der Waals surface area contributed by atoms with E-state index < -0.39 is 0 Å². The van der Waals surface area contributed by atoms with Crippen molar-refractivity contribution in [3.63, 3.8) is 0 Å². The topological polar surface area (TPSA) is 58.4 Å². The Labute approximate surface area is 127 Å². The first-order valence-corrected chi connectivity index (χ1v) is 7.76. The standard InChI is InChI=1S/C17H27N3O/c1-17(9-5-4-6-10-17)12-19-15-11-13(7-8-14(15)18)16(21)20(2)3/h7-8,11,19H,4-6,9-10,12,18H2,1-3H3. The molecular weight excluding hydrogens is 262 g/mol. The third-order valence-corrected chi connectivity index (χ3v) is 4.47. The molecule has 21 heavy (non-hydrogen) atoms. The van der Waals surface area contributed by atoms with Gasteiger partial charge in [0.2, 0.25) is 0 Å². The molecule has 1 aromatic carbocycles. The molecule has 1 amide bonds. The first-order chi connectivity index (χ1) is 9.91. The van der Waals surface area contributed by atoms with Gasteiger partial charge in [-0.2, -0.15) is 0 Å². The lowest BCUT2D eigenvalue weighted by molar-refractivity contribution is 0.0827. The number of nitrogens with zero attached hydrogens (tertiary/aromatic N) is 1. The SMILES string of the molecule is CN(C)C(=O)c1ccc(N)c(NCC2(C)CCCCC2)c1. The maximum Gasteiger partial charge on any atom is 0.253 e. The molecule has 1 fully saturated rings. The zero-order valence-corrected chi connectivity index (χ0v) is 13.4. The van der Waals surface area contributed by atoms with Gasteiger partial charge in [0.25, 0.3) is 5.91 Å². The quantitative estimate of drug-likeness (QED) is 0.836. The third-order valence-electron chi connectivity index (χ3n) is 4.47. The monoisotopic (exact) mass is 289 g/mol. The molecule has 1 saturated carbocycles. The number of carbonyl (C=O) groups excluding carboxylic acids is 1. The van der Waals surface area contributed by atoms with Gasteiger partial charge in [-0.15, -0.1) is 0 Å². The summed E-state index contributed by atoms with van der Waals surface area (Å²) in [5, 5.41) is 3.46. The van der Waals surface area contributed by atoms with Crippen molar-refractivity contribution in [3.05, 3.63) is 23.8 Å². The van der Waals surface area contributed by atoms with E-state index in [0.717, 1.165) is 12.2 Å². The van der Waals surface area contributed by atoms with Crippen LogP contribution in [0.25, 0.3) is 0 Å². The number of hydrogen-bond donors (Lipinski definition) is 2. The molecule has 0 bridgehead atoms. The largest absolute Gasteiger partial charge is 0.397 e. The number of rotatable bonds is 4. The molecule has 1 aliphatic carbocycles. The summed E-state index contributed by atoms with van der Waals surface area (Å²) in [5.41, 5.74) is 8.62. The molecule has 2 rings (SSSR count). The van der Waals surface area contributed by atoms with Crippen LogP contribution < -0.4 is 11.1 Å². The highest BCUT2D eigenvalue weighted by molar-refractivity contribution is 5.95. The minimum atomic E-state index is 0.00179. The van der Waals surface area contributed by atoms with Crippen LogP contribution >= 0.6 is 0 Å². The van der Waals surface area contributed by atoms with Crippen molar-refractivity contribution in [3.8, 4) is 0 Å². The summed E-state index contributed by atoms with van der Waals surface area (Å²) >= 11 is 0. The van der Waals surface area contributed by atoms with Crippen molar-refractivity contribution < 1.29 is 4.79 Å². The fraction of sp³-hybridized carbons (Fsp3) is 0.588. The van der Waals surface area contributed by atoms with E-state index in [9.17, 15) is 4.79 Å². The van der Waals surface area contributed by atoms with E-state index in [2.05, 4.69) is 12.2 Å². The Morgan fingerprint density at radius 1 is 1.29 bits per heavy atom. The Balaban J connectivity index is 2.08. The highest BCUT2D eigenvalue weighted by Crippen LogP contribution is 2.36. The molecule has 1 aliphatic rings. The van der Waals surface area contributed by atoms with Crippen LogP contribution in [0.2, 0.25) is 0 Å². The fourth-order valence-electron chi connectivity index (χ4n) is 2.99. The summed E-state index contributed by atoms with van der Waals surface area (Å²) in [7, 11) is 3.52. The summed E-state index contributed by atoms with van der Waals surface area (Å²) in [6.45, 7) is 3.25. The van der Waals surface area contributed by atoms with Crippen molar-refractivity contribution in [1.29, 1.82) is 0 Å². The van der Waals surface area contributed by atoms with Crippen molar-refractivity contribution >= 4 is 17.3 Å². The second kappa shape index (κ2) is 6.37. The molecule has 0 aliphatic heterocycles. The van der Waals surface area contributed by atoms with Crippen LogP contribution in [0.15, 0.2) is 18.2 Å². The molecule has 0 aromatic heterocycles. The smallest absolute Gasteiger partial charge is 0.253 e. The molecule has 0 saturated heterocycles. The zero-order chi connectivity index (χ0) is 15.5. The molecule has 0 atom stereocenters. The van der Waals surface area contributed by atoms with Gasteiger partial charge in [0.1, 0.15) is 0 Å². The van der Waals surface area contributed by atoms with E-state index in [1.165, 1.54) is 32.1 Å². The van der Waals surface area contributed by atoms with Gasteiger partial charge in [0.15, 0.2) is 0 Å². The van der Waals surface area contributed by atoms with E-state index in [1.807, 2.05) is 12.1 Å². The lowest BCUT2D eigenvalue weighted by atomic mass is 9.75. The number of nitrogens with two attached hydrogens (primary N) is 1. The summed E-state index contributed by atoms with van der Waals surface area (Å²) in [6, 6.07) is 5.46. The average Bonchev–Trinajstić information content (AvgIpc) is 2.46. The fourth-order valence-corrected chi connectivity index (χ4v) is 2.99. The number of carbonyl (C=O) groups is 1. The normalized spacial score (nSPS) is 17.3. The van der Waals surface area contributed by atoms with Crippen LogP contribution in [0.5, 0.6) is 0 Å². The van der Waals surface area contributed by atoms with Crippen LogP contribution in [0.4, 0.5) is 11.4 Å². The van der Waals surface area contributed by atoms with Crippen LogP contribution in [0.1, 0.15) is 49.4 Å². The Morgan fingerprint density at radius 3 is 2.57 bits per heavy atom. The maximum atomic E-state index is 12.0. The van der Waals surface area contributed by atoms with Crippen LogP contribution in [0, 0.1) is 5.41 Å². The van der Waals surface area contributed by atoms with E-state index in [-0.39, 0.29) is 5.91 Å². The van der Waals surface area contributed by atoms with Crippen molar-refractivity contribution in [2.45, 2.75) is 39.0 Å². The van der Waals surface area contributed by atoms with Gasteiger partial charge in [0.05, 0.1) is 11.4 Å². The number of nitrogen functional groups attached to an aromatic ring is 1. The number of anilines is 2. The molecule has 4 heteroatoms. The van der Waals surface area contributed by atoms with Gasteiger partial charge in [0, 0.05) is 26.2 Å². The van der Waals surface area contributed by atoms with Gasteiger partial charge in [-0.3, -0.25) is 4.79 Å². The molecule has 0 unspecified atom stereocenters. The van der Waals surface area contributed by atoms with Gasteiger partial charge in [-0.05, 0) is 36.5 Å². The van der Waals surface area contributed by atoms with Crippen LogP contribution in [-0.4, -0.2) is 31.4 Å². The third kappa shape index (κ3) is 3.90. The predicted octanol–water partition coefficient (Wildman–Crippen LogP) is 3.35. The van der Waals surface area contributed by atoms with E-state index in [4.69, 9.17) is 5.73 Å². The number of hydrogen-bond acceptors (Lipinski definition) is 3. The first kappa shape index (κ1) is 15.7. The Hall–Kier alpha value is -1.71. The van der Waals surface area contributed by atoms with Crippen molar-refractivity contribution in [2.75, 3.05) is 31.7 Å². The molecule has 4 nitrogen and oxygen atoms in total. The predicted molar refractivity (Wildman–Crippen MR) is 88.6 cm³/mol. The molecule has 116 valence electrons. The minimum Gasteiger partial charge on any atom is -0.397 e. The summed E-state index contributed by atoms with van der Waals surface area (Å²) < 4.78 is 0. The highest BCUT2D eigenvalue weighted by atomic mass is 16.2. The number of amides is 1. The lowest BCUT2D eigenvalue weighted by Crippen LogP contribution is -2.29. The summed E-state index contributed by atoms with van der Waals surface area (Å²) in [4.78, 5) is 13.6. The summed E-state index contributed by atoms with van der Waals surface area (Å²) in [6.07, 6.45) is 6.50. The van der Waals surface area contributed by atoms with E-state index >= 15 is 0 Å². The lowest BCUT2D eigenvalue weighted by Gasteiger charge is -2.34. The summed E-state index contributed by atoms with van der Waals surface area (Å²) in [5.74, 6) is 0.00179. The second-order valence-electron chi connectivity index (χ2n) is 6.73. The first-order valence-electron chi connectivity index (χ1n) is 7.76. The molecular formula is C17H27N3O. The Morgan fingerprint density at radius 2 is 1.95 bits per heavy atom. The zero-order valence-electron chi connectivity index (χ0n) is 13.4. The van der Waals surface area contributed by atoms with Crippen LogP contribution in [-0.2, 0) is 0 Å². The van der Waals surface area contributed by atoms with Gasteiger partial charge < -0.3 is 16.0 Å². The van der Waals surface area contributed by atoms with Gasteiger partial charge >= 0.3 is 0 Å². The Bertz CT molecular complexity index is 505. The molecule has 0 heterocycles. The van der Waals surface area contributed by atoms with E-state index in [1.54, 1.807) is 25.1 Å². The van der Waals surface area contributed by atoms with Crippen LogP contribution in [0.3, 0.4) is 0 Å².